The number of aryl methyl sites for hydroxylation is 2. The molecule has 4 rings (SSSR count). The average Bonchev–Trinajstić information content (AvgIpc) is 3.28. The molecule has 2 atom stereocenters. The van der Waals surface area contributed by atoms with Crippen LogP contribution in [0.3, 0.4) is 0 Å². The first-order valence-electron chi connectivity index (χ1n) is 9.64. The van der Waals surface area contributed by atoms with E-state index >= 15 is 0 Å². The van der Waals surface area contributed by atoms with Gasteiger partial charge in [0.25, 0.3) is 0 Å². The summed E-state index contributed by atoms with van der Waals surface area (Å²) in [6.45, 7) is 6.46. The van der Waals surface area contributed by atoms with Crippen molar-refractivity contribution >= 4 is 0 Å². The zero-order valence-corrected chi connectivity index (χ0v) is 15.4. The summed E-state index contributed by atoms with van der Waals surface area (Å²) in [5, 5.41) is 0. The standard InChI is InChI=1S/C24H28O/c1-17-12-23(21-6-4-3-5-7-21)13-18(2)24(17)22-9-8-19(15-22)14-20-10-11-25-16-20/h3-7,12-14,20,22H,8-11,15-16H2,1-2H3. The molecule has 0 radical (unpaired) electrons. The van der Waals surface area contributed by atoms with Crippen molar-refractivity contribution < 1.29 is 4.74 Å². The van der Waals surface area contributed by atoms with Gasteiger partial charge in [0.1, 0.15) is 0 Å². The molecule has 2 aromatic rings. The monoisotopic (exact) mass is 332 g/mol. The Morgan fingerprint density at radius 3 is 2.40 bits per heavy atom. The third-order valence-electron chi connectivity index (χ3n) is 5.87. The van der Waals surface area contributed by atoms with Gasteiger partial charge in [0, 0.05) is 12.5 Å². The summed E-state index contributed by atoms with van der Waals surface area (Å²) in [7, 11) is 0. The molecule has 0 spiro atoms. The van der Waals surface area contributed by atoms with Crippen molar-refractivity contribution in [3.8, 4) is 11.1 Å². The Labute approximate surface area is 151 Å². The van der Waals surface area contributed by atoms with E-state index < -0.39 is 0 Å². The second kappa shape index (κ2) is 7.17. The van der Waals surface area contributed by atoms with Crippen LogP contribution in [-0.4, -0.2) is 13.2 Å². The average molecular weight is 332 g/mol. The van der Waals surface area contributed by atoms with Crippen LogP contribution < -0.4 is 0 Å². The molecule has 2 fully saturated rings. The van der Waals surface area contributed by atoms with Crippen molar-refractivity contribution in [2.24, 2.45) is 5.92 Å². The van der Waals surface area contributed by atoms with Gasteiger partial charge in [0.05, 0.1) is 6.61 Å². The summed E-state index contributed by atoms with van der Waals surface area (Å²) >= 11 is 0. The van der Waals surface area contributed by atoms with Gasteiger partial charge in [-0.25, -0.2) is 0 Å². The van der Waals surface area contributed by atoms with Crippen LogP contribution in [0.1, 0.15) is 48.3 Å². The lowest BCUT2D eigenvalue weighted by Crippen LogP contribution is -2.01. The highest BCUT2D eigenvalue weighted by Gasteiger charge is 2.25. The van der Waals surface area contributed by atoms with E-state index in [0.29, 0.717) is 11.8 Å². The molecule has 1 aliphatic carbocycles. The van der Waals surface area contributed by atoms with Crippen LogP contribution in [0, 0.1) is 19.8 Å². The Bertz CT molecular complexity index is 743. The van der Waals surface area contributed by atoms with Gasteiger partial charge in [0.2, 0.25) is 0 Å². The zero-order valence-electron chi connectivity index (χ0n) is 15.4. The lowest BCUT2D eigenvalue weighted by atomic mass is 9.86. The Morgan fingerprint density at radius 1 is 0.960 bits per heavy atom. The molecule has 1 saturated carbocycles. The van der Waals surface area contributed by atoms with Crippen LogP contribution >= 0.6 is 0 Å². The van der Waals surface area contributed by atoms with E-state index in [1.54, 1.807) is 11.1 Å². The lowest BCUT2D eigenvalue weighted by molar-refractivity contribution is 0.191. The first-order valence-corrected chi connectivity index (χ1v) is 9.64. The number of hydrogen-bond acceptors (Lipinski definition) is 1. The van der Waals surface area contributed by atoms with Crippen LogP contribution in [0.25, 0.3) is 11.1 Å². The van der Waals surface area contributed by atoms with E-state index in [4.69, 9.17) is 4.74 Å². The van der Waals surface area contributed by atoms with E-state index in [1.165, 1.54) is 47.9 Å². The molecule has 2 unspecified atom stereocenters. The highest BCUT2D eigenvalue weighted by Crippen LogP contribution is 2.42. The number of hydrogen-bond donors (Lipinski definition) is 0. The molecule has 130 valence electrons. The molecule has 1 heteroatoms. The predicted molar refractivity (Wildman–Crippen MR) is 105 cm³/mol. The third kappa shape index (κ3) is 3.57. The van der Waals surface area contributed by atoms with Crippen LogP contribution in [0.5, 0.6) is 0 Å². The number of rotatable bonds is 3. The van der Waals surface area contributed by atoms with Gasteiger partial charge in [-0.1, -0.05) is 54.1 Å². The molecule has 2 aliphatic rings. The van der Waals surface area contributed by atoms with Crippen molar-refractivity contribution in [3.63, 3.8) is 0 Å². The van der Waals surface area contributed by atoms with Crippen molar-refractivity contribution in [2.45, 2.75) is 45.4 Å². The molecule has 0 amide bonds. The summed E-state index contributed by atoms with van der Waals surface area (Å²) in [6.07, 6.45) is 7.53. The largest absolute Gasteiger partial charge is 0.381 e. The van der Waals surface area contributed by atoms with Crippen LogP contribution in [0.4, 0.5) is 0 Å². The topological polar surface area (TPSA) is 9.23 Å². The maximum absolute atomic E-state index is 5.53. The van der Waals surface area contributed by atoms with E-state index in [-0.39, 0.29) is 0 Å². The second-order valence-electron chi connectivity index (χ2n) is 7.78. The molecule has 0 N–H and O–H groups in total. The molecule has 1 saturated heterocycles. The lowest BCUT2D eigenvalue weighted by Gasteiger charge is -2.18. The van der Waals surface area contributed by atoms with Crippen LogP contribution in [0.15, 0.2) is 54.1 Å². The van der Waals surface area contributed by atoms with Gasteiger partial charge in [0.15, 0.2) is 0 Å². The highest BCUT2D eigenvalue weighted by atomic mass is 16.5. The smallest absolute Gasteiger partial charge is 0.0529 e. The summed E-state index contributed by atoms with van der Waals surface area (Å²) in [5.41, 5.74) is 8.81. The molecule has 0 bridgehead atoms. The minimum Gasteiger partial charge on any atom is -0.381 e. The SMILES string of the molecule is Cc1cc(-c2ccccc2)cc(C)c1C1CCC(=CC2CCOC2)C1. The molecule has 2 aromatic carbocycles. The molecule has 1 aliphatic heterocycles. The minimum atomic E-state index is 0.663. The van der Waals surface area contributed by atoms with Gasteiger partial charge in [-0.3, -0.25) is 0 Å². The molecule has 1 heterocycles. The highest BCUT2D eigenvalue weighted by molar-refractivity contribution is 5.66. The summed E-state index contributed by atoms with van der Waals surface area (Å²) in [4.78, 5) is 0. The fraction of sp³-hybridized carbons (Fsp3) is 0.417. The number of ether oxygens (including phenoxy) is 1. The molecular weight excluding hydrogens is 304 g/mol. The molecular formula is C24H28O. The summed E-state index contributed by atoms with van der Waals surface area (Å²) in [5.74, 6) is 1.36. The molecule has 25 heavy (non-hydrogen) atoms. The van der Waals surface area contributed by atoms with Crippen molar-refractivity contribution in [2.75, 3.05) is 13.2 Å². The van der Waals surface area contributed by atoms with E-state index in [0.717, 1.165) is 13.2 Å². The Morgan fingerprint density at radius 2 is 1.72 bits per heavy atom. The molecule has 0 aromatic heterocycles. The predicted octanol–water partition coefficient (Wildman–Crippen LogP) is 6.20. The van der Waals surface area contributed by atoms with Crippen LogP contribution in [0.2, 0.25) is 0 Å². The van der Waals surface area contributed by atoms with Crippen molar-refractivity contribution in [1.82, 2.24) is 0 Å². The normalized spacial score (nSPS) is 25.0. The Hall–Kier alpha value is -1.86. The fourth-order valence-electron chi connectivity index (χ4n) is 4.71. The van der Waals surface area contributed by atoms with Gasteiger partial charge in [-0.15, -0.1) is 0 Å². The van der Waals surface area contributed by atoms with Crippen LogP contribution in [-0.2, 0) is 4.74 Å². The van der Waals surface area contributed by atoms with Gasteiger partial charge in [-0.2, -0.15) is 0 Å². The quantitative estimate of drug-likeness (QED) is 0.608. The fourth-order valence-corrected chi connectivity index (χ4v) is 4.71. The van der Waals surface area contributed by atoms with Crippen molar-refractivity contribution in [1.29, 1.82) is 0 Å². The Kier molecular flexibility index (Phi) is 4.76. The van der Waals surface area contributed by atoms with E-state index in [9.17, 15) is 0 Å². The summed E-state index contributed by atoms with van der Waals surface area (Å²) < 4.78 is 5.53. The van der Waals surface area contributed by atoms with E-state index in [1.807, 2.05) is 0 Å². The Balaban J connectivity index is 1.57. The van der Waals surface area contributed by atoms with E-state index in [2.05, 4.69) is 62.4 Å². The first-order chi connectivity index (χ1) is 12.2. The second-order valence-corrected chi connectivity index (χ2v) is 7.78. The zero-order chi connectivity index (χ0) is 17.2. The summed E-state index contributed by atoms with van der Waals surface area (Å²) in [6, 6.07) is 15.5. The number of allylic oxidation sites excluding steroid dienone is 1. The number of benzene rings is 2. The van der Waals surface area contributed by atoms with Crippen molar-refractivity contribution in [3.05, 3.63) is 70.8 Å². The van der Waals surface area contributed by atoms with Gasteiger partial charge < -0.3 is 4.74 Å². The maximum Gasteiger partial charge on any atom is 0.0529 e. The first kappa shape index (κ1) is 16.6. The molecule has 1 nitrogen and oxygen atoms in total. The third-order valence-corrected chi connectivity index (χ3v) is 5.87. The van der Waals surface area contributed by atoms with Gasteiger partial charge >= 0.3 is 0 Å². The maximum atomic E-state index is 5.53. The van der Waals surface area contributed by atoms with Gasteiger partial charge in [-0.05, 0) is 73.3 Å². The minimum absolute atomic E-state index is 0.663.